The Balaban J connectivity index is 4.77. The van der Waals surface area contributed by atoms with Crippen LogP contribution in [-0.2, 0) is 42.2 Å². The second kappa shape index (κ2) is 43.6. The van der Waals surface area contributed by atoms with Gasteiger partial charge in [0.25, 0.3) is 0 Å². The fourth-order valence-electron chi connectivity index (χ4n) is 6.57. The van der Waals surface area contributed by atoms with Crippen LogP contribution in [0.15, 0.2) is 24.3 Å². The fraction of sp³-hybridized carbons (Fsp3) is 0.854. The predicted octanol–water partition coefficient (Wildman–Crippen LogP) is 13.1. The van der Waals surface area contributed by atoms with Crippen LogP contribution in [0.5, 0.6) is 0 Å². The molecule has 11 nitrogen and oxygen atoms in total. The summed E-state index contributed by atoms with van der Waals surface area (Å²) in [6.45, 7) is 4.53. The first-order valence-electron chi connectivity index (χ1n) is 24.2. The number of hydrogen-bond donors (Lipinski definition) is 2. The van der Waals surface area contributed by atoms with Gasteiger partial charge >= 0.3 is 25.7 Å². The molecule has 3 atom stereocenters. The fourth-order valence-corrected chi connectivity index (χ4v) is 7.35. The molecule has 0 aromatic heterocycles. The molecule has 2 N–H and O–H groups in total. The molecule has 0 bridgehead atoms. The van der Waals surface area contributed by atoms with Crippen LogP contribution in [0.25, 0.3) is 0 Å². The van der Waals surface area contributed by atoms with E-state index in [0.29, 0.717) is 19.3 Å². The SMILES string of the molecule is CCCC/C=C\CCCCCCCC(=O)OCC(COP(=O)(O)OCC(CO)OC(=O)CCCCCCCCCCC)OC(=O)CCCCCCC/C=C\CCCCCC. The van der Waals surface area contributed by atoms with E-state index in [1.165, 1.54) is 70.6 Å². The van der Waals surface area contributed by atoms with Crippen molar-refractivity contribution in [3.05, 3.63) is 24.3 Å². The number of allylic oxidation sites excluding steroid dienone is 4. The third kappa shape index (κ3) is 41.3. The van der Waals surface area contributed by atoms with Crippen LogP contribution in [-0.4, -0.2) is 66.5 Å². The second-order valence-electron chi connectivity index (χ2n) is 16.3. The van der Waals surface area contributed by atoms with Crippen LogP contribution in [0.2, 0.25) is 0 Å². The lowest BCUT2D eigenvalue weighted by Crippen LogP contribution is -2.30. The smallest absolute Gasteiger partial charge is 0.462 e. The Morgan fingerprint density at radius 3 is 1.22 bits per heavy atom. The molecule has 0 radical (unpaired) electrons. The van der Waals surface area contributed by atoms with E-state index in [1.54, 1.807) is 0 Å². The minimum atomic E-state index is -4.73. The van der Waals surface area contributed by atoms with Gasteiger partial charge in [0, 0.05) is 19.3 Å². The molecule has 60 heavy (non-hydrogen) atoms. The largest absolute Gasteiger partial charge is 0.472 e. The number of rotatable bonds is 45. The number of phosphoric ester groups is 1. The molecule has 0 saturated heterocycles. The van der Waals surface area contributed by atoms with Crippen LogP contribution < -0.4 is 0 Å². The Morgan fingerprint density at radius 2 is 0.783 bits per heavy atom. The maximum absolute atomic E-state index is 12.8. The minimum absolute atomic E-state index is 0.159. The molecule has 0 rings (SSSR count). The topological polar surface area (TPSA) is 155 Å². The molecule has 0 heterocycles. The molecular formula is C48H89O11P. The number of hydrogen-bond acceptors (Lipinski definition) is 10. The number of aliphatic hydroxyl groups is 1. The van der Waals surface area contributed by atoms with E-state index in [-0.39, 0.29) is 25.9 Å². The van der Waals surface area contributed by atoms with E-state index in [4.69, 9.17) is 23.3 Å². The summed E-state index contributed by atoms with van der Waals surface area (Å²) in [4.78, 5) is 48.0. The normalized spacial score (nSPS) is 13.8. The molecule has 0 amide bonds. The Labute approximate surface area is 366 Å². The summed E-state index contributed by atoms with van der Waals surface area (Å²) in [5.74, 6) is -1.48. The van der Waals surface area contributed by atoms with Crippen molar-refractivity contribution in [1.29, 1.82) is 0 Å². The lowest BCUT2D eigenvalue weighted by Gasteiger charge is -2.21. The molecule has 0 spiro atoms. The highest BCUT2D eigenvalue weighted by Crippen LogP contribution is 2.43. The average Bonchev–Trinajstić information content (AvgIpc) is 3.23. The van der Waals surface area contributed by atoms with Gasteiger partial charge in [-0.2, -0.15) is 0 Å². The monoisotopic (exact) mass is 873 g/mol. The summed E-state index contributed by atoms with van der Waals surface area (Å²) in [6.07, 6.45) is 38.8. The zero-order chi connectivity index (χ0) is 44.2. The lowest BCUT2D eigenvalue weighted by atomic mass is 10.1. The van der Waals surface area contributed by atoms with Crippen LogP contribution in [0.1, 0.15) is 226 Å². The Kier molecular flexibility index (Phi) is 42.1. The minimum Gasteiger partial charge on any atom is -0.462 e. The van der Waals surface area contributed by atoms with Gasteiger partial charge in [-0.25, -0.2) is 4.57 Å². The van der Waals surface area contributed by atoms with Gasteiger partial charge in [-0.3, -0.25) is 23.4 Å². The van der Waals surface area contributed by atoms with Crippen LogP contribution in [0.4, 0.5) is 0 Å². The van der Waals surface area contributed by atoms with E-state index in [2.05, 4.69) is 45.1 Å². The number of carbonyl (C=O) groups is 3. The van der Waals surface area contributed by atoms with Crippen molar-refractivity contribution in [3.8, 4) is 0 Å². The van der Waals surface area contributed by atoms with E-state index >= 15 is 0 Å². The van der Waals surface area contributed by atoms with Gasteiger partial charge < -0.3 is 24.2 Å². The predicted molar refractivity (Wildman–Crippen MR) is 243 cm³/mol. The Hall–Kier alpha value is -2.04. The zero-order valence-corrected chi connectivity index (χ0v) is 39.3. The van der Waals surface area contributed by atoms with Crippen LogP contribution >= 0.6 is 7.82 Å². The molecule has 0 aliphatic heterocycles. The number of unbranched alkanes of at least 4 members (excludes halogenated alkanes) is 24. The first kappa shape index (κ1) is 58.0. The van der Waals surface area contributed by atoms with E-state index in [0.717, 1.165) is 96.3 Å². The number of ether oxygens (including phenoxy) is 3. The molecule has 0 aliphatic carbocycles. The van der Waals surface area contributed by atoms with E-state index in [9.17, 15) is 28.9 Å². The van der Waals surface area contributed by atoms with E-state index in [1.807, 2.05) is 0 Å². The van der Waals surface area contributed by atoms with Gasteiger partial charge in [-0.05, 0) is 64.2 Å². The highest BCUT2D eigenvalue weighted by Gasteiger charge is 2.28. The van der Waals surface area contributed by atoms with Gasteiger partial charge in [-0.15, -0.1) is 0 Å². The molecule has 0 saturated carbocycles. The highest BCUT2D eigenvalue weighted by molar-refractivity contribution is 7.47. The number of aliphatic hydroxyl groups excluding tert-OH is 1. The standard InChI is InChI=1S/C48H89O11P/c1-4-7-10-13-16-19-21-22-24-27-30-33-36-39-48(52)59-45(41-55-46(50)37-34-31-28-26-23-20-17-14-11-8-5-2)43-57-60(53,54)56-42-44(40-49)58-47(51)38-35-32-29-25-18-15-12-9-6-3/h14,17,19,21,44-45,49H,4-13,15-16,18,20,22-43H2,1-3H3,(H,53,54)/b17-14-,21-19-. The molecule has 12 heteroatoms. The summed E-state index contributed by atoms with van der Waals surface area (Å²) in [7, 11) is -4.73. The van der Waals surface area contributed by atoms with Crippen molar-refractivity contribution >= 4 is 25.7 Å². The first-order chi connectivity index (χ1) is 29.2. The molecule has 0 aromatic carbocycles. The third-order valence-electron chi connectivity index (χ3n) is 10.3. The second-order valence-corrected chi connectivity index (χ2v) is 17.7. The molecule has 3 unspecified atom stereocenters. The zero-order valence-electron chi connectivity index (χ0n) is 38.4. The van der Waals surface area contributed by atoms with E-state index < -0.39 is 57.8 Å². The molecular weight excluding hydrogens is 783 g/mol. The Morgan fingerprint density at radius 1 is 0.450 bits per heavy atom. The molecule has 0 aliphatic rings. The van der Waals surface area contributed by atoms with Crippen LogP contribution in [0, 0.1) is 0 Å². The number of carbonyl (C=O) groups excluding carboxylic acids is 3. The maximum atomic E-state index is 12.8. The van der Waals surface area contributed by atoms with Crippen molar-refractivity contribution in [1.82, 2.24) is 0 Å². The summed E-state index contributed by atoms with van der Waals surface area (Å²) in [5.41, 5.74) is 0. The number of phosphoric acid groups is 1. The van der Waals surface area contributed by atoms with Gasteiger partial charge in [-0.1, -0.05) is 167 Å². The summed E-state index contributed by atoms with van der Waals surface area (Å²) in [6, 6.07) is 0. The van der Waals surface area contributed by atoms with Gasteiger partial charge in [0.15, 0.2) is 6.10 Å². The van der Waals surface area contributed by atoms with Crippen molar-refractivity contribution in [2.45, 2.75) is 238 Å². The van der Waals surface area contributed by atoms with Gasteiger partial charge in [0.1, 0.15) is 12.7 Å². The highest BCUT2D eigenvalue weighted by atomic mass is 31.2. The first-order valence-corrected chi connectivity index (χ1v) is 25.7. The summed E-state index contributed by atoms with van der Waals surface area (Å²) >= 11 is 0. The third-order valence-corrected chi connectivity index (χ3v) is 11.3. The summed E-state index contributed by atoms with van der Waals surface area (Å²) < 4.78 is 39.2. The number of esters is 3. The van der Waals surface area contributed by atoms with Gasteiger partial charge in [0.2, 0.25) is 0 Å². The van der Waals surface area contributed by atoms with Crippen molar-refractivity contribution in [2.24, 2.45) is 0 Å². The van der Waals surface area contributed by atoms with Crippen molar-refractivity contribution in [3.63, 3.8) is 0 Å². The van der Waals surface area contributed by atoms with Crippen molar-refractivity contribution in [2.75, 3.05) is 26.4 Å². The van der Waals surface area contributed by atoms with Gasteiger partial charge in [0.05, 0.1) is 19.8 Å². The molecule has 352 valence electrons. The average molecular weight is 873 g/mol. The quantitative estimate of drug-likeness (QED) is 0.0197. The molecule has 0 aromatic rings. The molecule has 0 fully saturated rings. The lowest BCUT2D eigenvalue weighted by molar-refractivity contribution is -0.161. The Bertz CT molecular complexity index is 1110. The maximum Gasteiger partial charge on any atom is 0.472 e. The van der Waals surface area contributed by atoms with Crippen LogP contribution in [0.3, 0.4) is 0 Å². The van der Waals surface area contributed by atoms with Crippen molar-refractivity contribution < 1.29 is 52.2 Å². The summed E-state index contributed by atoms with van der Waals surface area (Å²) in [5, 5.41) is 9.71.